The molecule has 0 aromatic heterocycles. The molecule has 0 atom stereocenters. The molecule has 0 aliphatic carbocycles. The molecule has 0 unspecified atom stereocenters. The summed E-state index contributed by atoms with van der Waals surface area (Å²) in [7, 11) is 3.13. The van der Waals surface area contributed by atoms with Crippen molar-refractivity contribution < 1.29 is 19.0 Å². The highest BCUT2D eigenvalue weighted by atomic mass is 35.5. The Bertz CT molecular complexity index is 1040. The van der Waals surface area contributed by atoms with Crippen molar-refractivity contribution >= 4 is 23.7 Å². The van der Waals surface area contributed by atoms with Gasteiger partial charge in [-0.2, -0.15) is 5.10 Å². The number of benzene rings is 3. The summed E-state index contributed by atoms with van der Waals surface area (Å²) >= 11 is 6.00. The number of methoxy groups -OCH3 is 2. The largest absolute Gasteiger partial charge is 0.497 e. The molecule has 0 saturated carbocycles. The van der Waals surface area contributed by atoms with Crippen LogP contribution in [0.25, 0.3) is 0 Å². The maximum absolute atomic E-state index is 12.1. The number of nitrogens with zero attached hydrogens (tertiary/aromatic N) is 1. The topological polar surface area (TPSA) is 69.2 Å². The SMILES string of the molecule is COc1ccc(C(=O)N/N=C/c2ccc(OCc3cccc(Cl)c3)c(OC)c2)cc1. The van der Waals surface area contributed by atoms with Crippen LogP contribution in [0.3, 0.4) is 0 Å². The highest BCUT2D eigenvalue weighted by Gasteiger charge is 2.07. The average Bonchev–Trinajstić information content (AvgIpc) is 2.78. The first-order valence-electron chi connectivity index (χ1n) is 9.12. The molecule has 0 heterocycles. The van der Waals surface area contributed by atoms with Gasteiger partial charge in [0.25, 0.3) is 5.91 Å². The third kappa shape index (κ3) is 5.75. The molecule has 0 radical (unpaired) electrons. The van der Waals surface area contributed by atoms with Crippen molar-refractivity contribution in [2.24, 2.45) is 5.10 Å². The van der Waals surface area contributed by atoms with Gasteiger partial charge in [0, 0.05) is 10.6 Å². The number of carbonyl (C=O) groups excluding carboxylic acids is 1. The second kappa shape index (κ2) is 10.3. The monoisotopic (exact) mass is 424 g/mol. The number of ether oxygens (including phenoxy) is 3. The van der Waals surface area contributed by atoms with Crippen LogP contribution in [0.1, 0.15) is 21.5 Å². The lowest BCUT2D eigenvalue weighted by Gasteiger charge is -2.11. The van der Waals surface area contributed by atoms with Gasteiger partial charge in [0.1, 0.15) is 12.4 Å². The number of amides is 1. The summed E-state index contributed by atoms with van der Waals surface area (Å²) in [5.41, 5.74) is 4.68. The van der Waals surface area contributed by atoms with Gasteiger partial charge in [0.2, 0.25) is 0 Å². The third-order valence-corrected chi connectivity index (χ3v) is 4.44. The van der Waals surface area contributed by atoms with E-state index in [9.17, 15) is 4.79 Å². The van der Waals surface area contributed by atoms with Crippen LogP contribution < -0.4 is 19.6 Å². The summed E-state index contributed by atoms with van der Waals surface area (Å²) in [6.07, 6.45) is 1.53. The maximum Gasteiger partial charge on any atom is 0.271 e. The van der Waals surface area contributed by atoms with Gasteiger partial charge in [-0.15, -0.1) is 0 Å². The van der Waals surface area contributed by atoms with Gasteiger partial charge in [0.05, 0.1) is 20.4 Å². The normalized spacial score (nSPS) is 10.6. The Morgan fingerprint density at radius 2 is 1.80 bits per heavy atom. The summed E-state index contributed by atoms with van der Waals surface area (Å²) in [5.74, 6) is 1.52. The van der Waals surface area contributed by atoms with E-state index in [2.05, 4.69) is 10.5 Å². The lowest BCUT2D eigenvalue weighted by molar-refractivity contribution is 0.0955. The van der Waals surface area contributed by atoms with Crippen molar-refractivity contribution in [3.63, 3.8) is 0 Å². The molecule has 0 fully saturated rings. The van der Waals surface area contributed by atoms with E-state index in [-0.39, 0.29) is 5.91 Å². The Balaban J connectivity index is 1.61. The molecule has 0 aliphatic heterocycles. The predicted molar refractivity (Wildman–Crippen MR) is 117 cm³/mol. The molecule has 30 heavy (non-hydrogen) atoms. The minimum Gasteiger partial charge on any atom is -0.497 e. The van der Waals surface area contributed by atoms with Gasteiger partial charge in [-0.25, -0.2) is 5.43 Å². The molecular weight excluding hydrogens is 404 g/mol. The van der Waals surface area contributed by atoms with Crippen molar-refractivity contribution in [3.05, 3.63) is 88.4 Å². The summed E-state index contributed by atoms with van der Waals surface area (Å²) in [4.78, 5) is 12.1. The van der Waals surface area contributed by atoms with Crippen LogP contribution in [-0.2, 0) is 6.61 Å². The Kier molecular flexibility index (Phi) is 7.29. The van der Waals surface area contributed by atoms with Crippen LogP contribution in [0, 0.1) is 0 Å². The van der Waals surface area contributed by atoms with Gasteiger partial charge >= 0.3 is 0 Å². The van der Waals surface area contributed by atoms with Crippen LogP contribution in [0.2, 0.25) is 5.02 Å². The number of hydrogen-bond acceptors (Lipinski definition) is 5. The number of carbonyl (C=O) groups is 1. The fourth-order valence-electron chi connectivity index (χ4n) is 2.64. The summed E-state index contributed by atoms with van der Waals surface area (Å²) in [6, 6.07) is 19.6. The van der Waals surface area contributed by atoms with Crippen LogP contribution >= 0.6 is 11.6 Å². The molecule has 1 N–H and O–H groups in total. The summed E-state index contributed by atoms with van der Waals surface area (Å²) in [6.45, 7) is 0.363. The number of nitrogens with one attached hydrogen (secondary N) is 1. The van der Waals surface area contributed by atoms with Crippen molar-refractivity contribution in [1.82, 2.24) is 5.43 Å². The van der Waals surface area contributed by atoms with Crippen LogP contribution in [-0.4, -0.2) is 26.3 Å². The van der Waals surface area contributed by atoms with E-state index in [0.29, 0.717) is 34.4 Å². The Labute approximate surface area is 180 Å². The minimum atomic E-state index is -0.317. The smallest absolute Gasteiger partial charge is 0.271 e. The number of halogens is 1. The molecule has 3 aromatic carbocycles. The first kappa shape index (κ1) is 21.2. The van der Waals surface area contributed by atoms with Crippen molar-refractivity contribution in [2.75, 3.05) is 14.2 Å². The molecule has 154 valence electrons. The summed E-state index contributed by atoms with van der Waals surface area (Å²) < 4.78 is 16.3. The van der Waals surface area contributed by atoms with Gasteiger partial charge in [-0.1, -0.05) is 23.7 Å². The number of hydrazone groups is 1. The predicted octanol–water partition coefficient (Wildman–Crippen LogP) is 4.70. The van der Waals surface area contributed by atoms with Crippen molar-refractivity contribution in [3.8, 4) is 17.2 Å². The number of hydrogen-bond donors (Lipinski definition) is 1. The fourth-order valence-corrected chi connectivity index (χ4v) is 2.86. The number of rotatable bonds is 8. The van der Waals surface area contributed by atoms with Gasteiger partial charge in [-0.05, 0) is 65.7 Å². The lowest BCUT2D eigenvalue weighted by atomic mass is 10.2. The molecular formula is C23H21ClN2O4. The third-order valence-electron chi connectivity index (χ3n) is 4.20. The molecule has 1 amide bonds. The van der Waals surface area contributed by atoms with E-state index in [4.69, 9.17) is 25.8 Å². The van der Waals surface area contributed by atoms with E-state index in [1.807, 2.05) is 30.3 Å². The average molecular weight is 425 g/mol. The van der Waals surface area contributed by atoms with Gasteiger partial charge in [-0.3, -0.25) is 4.79 Å². The Hall–Kier alpha value is -3.51. The minimum absolute atomic E-state index is 0.317. The first-order chi connectivity index (χ1) is 14.6. The van der Waals surface area contributed by atoms with Crippen LogP contribution in [0.5, 0.6) is 17.2 Å². The summed E-state index contributed by atoms with van der Waals surface area (Å²) in [5, 5.41) is 4.66. The molecule has 3 rings (SSSR count). The van der Waals surface area contributed by atoms with Gasteiger partial charge < -0.3 is 14.2 Å². The van der Waals surface area contributed by atoms with E-state index in [1.165, 1.54) is 6.21 Å². The Morgan fingerprint density at radius 3 is 2.50 bits per heavy atom. The van der Waals surface area contributed by atoms with Crippen LogP contribution in [0.4, 0.5) is 0 Å². The van der Waals surface area contributed by atoms with E-state index in [0.717, 1.165) is 11.1 Å². The second-order valence-electron chi connectivity index (χ2n) is 6.26. The van der Waals surface area contributed by atoms with Crippen molar-refractivity contribution in [1.29, 1.82) is 0 Å². The van der Waals surface area contributed by atoms with E-state index < -0.39 is 0 Å². The molecule has 0 saturated heterocycles. The molecule has 7 heteroatoms. The quantitative estimate of drug-likeness (QED) is 0.420. The zero-order chi connectivity index (χ0) is 21.3. The van der Waals surface area contributed by atoms with E-state index in [1.54, 1.807) is 50.6 Å². The second-order valence-corrected chi connectivity index (χ2v) is 6.69. The standard InChI is InChI=1S/C23H21ClN2O4/c1-28-20-9-7-18(8-10-20)23(27)26-25-14-16-6-11-21(22(13-16)29-2)30-15-17-4-3-5-19(24)12-17/h3-14H,15H2,1-2H3,(H,26,27)/b25-14+. The van der Waals surface area contributed by atoms with Gasteiger partial charge in [0.15, 0.2) is 11.5 Å². The molecule has 0 bridgehead atoms. The maximum atomic E-state index is 12.1. The first-order valence-corrected chi connectivity index (χ1v) is 9.49. The Morgan fingerprint density at radius 1 is 1.00 bits per heavy atom. The molecule has 3 aromatic rings. The fraction of sp³-hybridized carbons (Fsp3) is 0.130. The highest BCUT2D eigenvalue weighted by molar-refractivity contribution is 6.30. The lowest BCUT2D eigenvalue weighted by Crippen LogP contribution is -2.17. The van der Waals surface area contributed by atoms with Crippen molar-refractivity contribution in [2.45, 2.75) is 6.61 Å². The molecule has 0 aliphatic rings. The zero-order valence-electron chi connectivity index (χ0n) is 16.6. The molecule has 6 nitrogen and oxygen atoms in total. The highest BCUT2D eigenvalue weighted by Crippen LogP contribution is 2.28. The van der Waals surface area contributed by atoms with E-state index >= 15 is 0 Å². The van der Waals surface area contributed by atoms with Crippen LogP contribution in [0.15, 0.2) is 71.8 Å². The zero-order valence-corrected chi connectivity index (χ0v) is 17.3. The molecule has 0 spiro atoms.